The fraction of sp³-hybridized carbons (Fsp3) is 0.286. The largest absolute Gasteiger partial charge is 0.320 e. The Hall–Kier alpha value is -2.69. The van der Waals surface area contributed by atoms with Crippen LogP contribution >= 0.6 is 11.3 Å². The van der Waals surface area contributed by atoms with Gasteiger partial charge in [-0.1, -0.05) is 30.4 Å². The van der Waals surface area contributed by atoms with Crippen LogP contribution in [-0.2, 0) is 16.4 Å². The summed E-state index contributed by atoms with van der Waals surface area (Å²) >= 11 is 1.07. The van der Waals surface area contributed by atoms with Gasteiger partial charge in [0.15, 0.2) is 0 Å². The van der Waals surface area contributed by atoms with Gasteiger partial charge in [-0.15, -0.1) is 10.2 Å². The minimum absolute atomic E-state index is 0.121. The molecule has 10 heteroatoms. The van der Waals surface area contributed by atoms with E-state index in [1.807, 2.05) is 19.1 Å². The van der Waals surface area contributed by atoms with E-state index in [1.54, 1.807) is 12.1 Å². The smallest absolute Gasteiger partial charge is 0.286 e. The highest BCUT2D eigenvalue weighted by atomic mass is 32.2. The maximum atomic E-state index is 13.2. The van der Waals surface area contributed by atoms with Gasteiger partial charge in [-0.2, -0.15) is 4.31 Å². The van der Waals surface area contributed by atoms with E-state index in [0.29, 0.717) is 30.1 Å². The van der Waals surface area contributed by atoms with Crippen molar-refractivity contribution in [1.82, 2.24) is 14.5 Å². The van der Waals surface area contributed by atoms with Crippen LogP contribution in [0.15, 0.2) is 53.4 Å². The summed E-state index contributed by atoms with van der Waals surface area (Å²) in [6, 6.07) is 11.8. The van der Waals surface area contributed by atoms with Gasteiger partial charge < -0.3 is 5.32 Å². The molecule has 2 heterocycles. The lowest BCUT2D eigenvalue weighted by molar-refractivity contribution is 0.102. The van der Waals surface area contributed by atoms with E-state index in [4.69, 9.17) is 0 Å². The summed E-state index contributed by atoms with van der Waals surface area (Å²) in [5.74, 6) is -0.874. The molecule has 31 heavy (non-hydrogen) atoms. The number of nitrogens with one attached hydrogen (secondary N) is 1. The molecule has 1 fully saturated rings. The second kappa shape index (κ2) is 8.81. The normalized spacial score (nSPS) is 17.0. The maximum Gasteiger partial charge on any atom is 0.286 e. The zero-order valence-corrected chi connectivity index (χ0v) is 18.4. The van der Waals surface area contributed by atoms with Gasteiger partial charge in [0.2, 0.25) is 15.0 Å². The van der Waals surface area contributed by atoms with Crippen LogP contribution < -0.4 is 5.32 Å². The van der Waals surface area contributed by atoms with Crippen LogP contribution in [0, 0.1) is 5.82 Å². The topological polar surface area (TPSA) is 92.3 Å². The lowest BCUT2D eigenvalue weighted by Crippen LogP contribution is -2.30. The Labute approximate surface area is 184 Å². The maximum absolute atomic E-state index is 13.2. The summed E-state index contributed by atoms with van der Waals surface area (Å²) in [7, 11) is -3.69. The van der Waals surface area contributed by atoms with Crippen molar-refractivity contribution in [2.75, 3.05) is 11.9 Å². The van der Waals surface area contributed by atoms with Crippen LogP contribution in [0.4, 0.5) is 10.1 Å². The Morgan fingerprint density at radius 1 is 1.16 bits per heavy atom. The molecule has 1 amide bonds. The monoisotopic (exact) mass is 460 g/mol. The van der Waals surface area contributed by atoms with E-state index in [1.165, 1.54) is 28.6 Å². The highest BCUT2D eigenvalue weighted by Crippen LogP contribution is 2.37. The number of sulfonamides is 1. The Kier molecular flexibility index (Phi) is 6.12. The van der Waals surface area contributed by atoms with Crippen molar-refractivity contribution in [3.8, 4) is 0 Å². The van der Waals surface area contributed by atoms with E-state index < -0.39 is 27.8 Å². The average Bonchev–Trinajstić information content (AvgIpc) is 3.45. The van der Waals surface area contributed by atoms with Crippen molar-refractivity contribution in [2.45, 2.75) is 37.1 Å². The molecule has 1 aliphatic heterocycles. The van der Waals surface area contributed by atoms with Gasteiger partial charge >= 0.3 is 0 Å². The number of aromatic nitrogens is 2. The molecule has 4 rings (SSSR count). The van der Waals surface area contributed by atoms with Gasteiger partial charge in [-0.05, 0) is 61.2 Å². The second-order valence-corrected chi connectivity index (χ2v) is 10.1. The molecule has 1 unspecified atom stereocenters. The molecule has 0 saturated carbocycles. The number of amides is 1. The molecule has 0 spiro atoms. The van der Waals surface area contributed by atoms with Crippen LogP contribution in [0.1, 0.15) is 46.2 Å². The zero-order chi connectivity index (χ0) is 22.0. The third-order valence-electron chi connectivity index (χ3n) is 5.16. The fourth-order valence-corrected chi connectivity index (χ4v) is 6.10. The quantitative estimate of drug-likeness (QED) is 0.600. The van der Waals surface area contributed by atoms with E-state index in [-0.39, 0.29) is 9.90 Å². The summed E-state index contributed by atoms with van der Waals surface area (Å²) in [5, 5.41) is 11.3. The Bertz CT molecular complexity index is 1180. The molecular formula is C21H21FN4O3S2. The Balaban J connectivity index is 1.53. The van der Waals surface area contributed by atoms with Gasteiger partial charge in [-0.3, -0.25) is 4.79 Å². The molecule has 0 aliphatic carbocycles. The molecule has 1 aliphatic rings. The molecule has 2 aromatic carbocycles. The van der Waals surface area contributed by atoms with Crippen LogP contribution in [0.3, 0.4) is 0 Å². The summed E-state index contributed by atoms with van der Waals surface area (Å²) in [6.45, 7) is 2.40. The number of hydrogen-bond acceptors (Lipinski definition) is 6. The molecule has 7 nitrogen and oxygen atoms in total. The number of aryl methyl sites for hydroxylation is 1. The van der Waals surface area contributed by atoms with Crippen molar-refractivity contribution in [2.24, 2.45) is 0 Å². The third kappa shape index (κ3) is 4.51. The second-order valence-electron chi connectivity index (χ2n) is 7.18. The number of rotatable bonds is 6. The Morgan fingerprint density at radius 2 is 1.87 bits per heavy atom. The molecular weight excluding hydrogens is 439 g/mol. The number of hydrogen-bond donors (Lipinski definition) is 1. The number of halogens is 1. The SMILES string of the molecule is CCc1ccc(S(=O)(=O)N2CCCC2c2nnc(C(=O)Nc3ccc(F)cc3)s2)cc1. The van der Waals surface area contributed by atoms with Crippen molar-refractivity contribution < 1.29 is 17.6 Å². The minimum Gasteiger partial charge on any atom is -0.320 e. The van der Waals surface area contributed by atoms with Gasteiger partial charge in [0.05, 0.1) is 10.9 Å². The van der Waals surface area contributed by atoms with E-state index in [0.717, 1.165) is 23.3 Å². The number of nitrogens with zero attached hydrogens (tertiary/aromatic N) is 3. The van der Waals surface area contributed by atoms with Crippen molar-refractivity contribution in [3.63, 3.8) is 0 Å². The summed E-state index contributed by atoms with van der Waals surface area (Å²) < 4.78 is 40.9. The third-order valence-corrected chi connectivity index (χ3v) is 8.11. The van der Waals surface area contributed by atoms with Gasteiger partial charge in [0, 0.05) is 12.2 Å². The molecule has 0 radical (unpaired) electrons. The molecule has 1 saturated heterocycles. The lowest BCUT2D eigenvalue weighted by atomic mass is 10.2. The average molecular weight is 461 g/mol. The van der Waals surface area contributed by atoms with E-state index >= 15 is 0 Å². The predicted octanol–water partition coefficient (Wildman–Crippen LogP) is 4.02. The Morgan fingerprint density at radius 3 is 2.55 bits per heavy atom. The lowest BCUT2D eigenvalue weighted by Gasteiger charge is -2.22. The molecule has 1 aromatic heterocycles. The van der Waals surface area contributed by atoms with Crippen LogP contribution in [-0.4, -0.2) is 35.4 Å². The molecule has 3 aromatic rings. The molecule has 162 valence electrons. The highest BCUT2D eigenvalue weighted by molar-refractivity contribution is 7.89. The van der Waals surface area contributed by atoms with E-state index in [9.17, 15) is 17.6 Å². The van der Waals surface area contributed by atoms with Gasteiger partial charge in [0.1, 0.15) is 10.8 Å². The molecule has 0 bridgehead atoms. The van der Waals surface area contributed by atoms with Crippen LogP contribution in [0.2, 0.25) is 0 Å². The first kappa shape index (κ1) is 21.5. The number of benzene rings is 2. The summed E-state index contributed by atoms with van der Waals surface area (Å²) in [6.07, 6.45) is 2.15. The first-order chi connectivity index (χ1) is 14.9. The summed E-state index contributed by atoms with van der Waals surface area (Å²) in [4.78, 5) is 12.7. The highest BCUT2D eigenvalue weighted by Gasteiger charge is 2.38. The predicted molar refractivity (Wildman–Crippen MR) is 116 cm³/mol. The van der Waals surface area contributed by atoms with Crippen molar-refractivity contribution in [1.29, 1.82) is 0 Å². The number of anilines is 1. The van der Waals surface area contributed by atoms with Crippen molar-refractivity contribution >= 4 is 33.0 Å². The standard InChI is InChI=1S/C21H21FN4O3S2/c1-2-14-5-11-17(12-6-14)31(28,29)26-13-3-4-18(26)20-24-25-21(30-20)19(27)23-16-9-7-15(22)8-10-16/h5-12,18H,2-4,13H2,1H3,(H,23,27). The summed E-state index contributed by atoms with van der Waals surface area (Å²) in [5.41, 5.74) is 1.50. The van der Waals surface area contributed by atoms with Crippen molar-refractivity contribution in [3.05, 3.63) is 69.9 Å². The number of carbonyl (C=O) groups is 1. The fourth-order valence-electron chi connectivity index (χ4n) is 3.49. The molecule has 1 N–H and O–H groups in total. The zero-order valence-electron chi connectivity index (χ0n) is 16.8. The minimum atomic E-state index is -3.69. The van der Waals surface area contributed by atoms with Gasteiger partial charge in [0.25, 0.3) is 5.91 Å². The van der Waals surface area contributed by atoms with Gasteiger partial charge in [-0.25, -0.2) is 12.8 Å². The first-order valence-corrected chi connectivity index (χ1v) is 12.1. The van der Waals surface area contributed by atoms with Crippen LogP contribution in [0.25, 0.3) is 0 Å². The first-order valence-electron chi connectivity index (χ1n) is 9.89. The number of carbonyl (C=O) groups excluding carboxylic acids is 1. The van der Waals surface area contributed by atoms with Crippen LogP contribution in [0.5, 0.6) is 0 Å². The van der Waals surface area contributed by atoms with E-state index in [2.05, 4.69) is 15.5 Å². The molecule has 1 atom stereocenters.